The van der Waals surface area contributed by atoms with Gasteiger partial charge < -0.3 is 9.47 Å². The maximum Gasteiger partial charge on any atom is 0.340 e. The Morgan fingerprint density at radius 3 is 1.07 bits per heavy atom. The van der Waals surface area contributed by atoms with Crippen LogP contribution >= 0.6 is 22.7 Å². The van der Waals surface area contributed by atoms with E-state index in [4.69, 9.17) is 19.4 Å². The highest BCUT2D eigenvalue weighted by Crippen LogP contribution is 2.54. The molecule has 0 fully saturated rings. The third-order valence-electron chi connectivity index (χ3n) is 14.6. The number of Topliss-reactive ketones (excluding diaryl/α,β-unsaturated/α-hetero) is 4. The van der Waals surface area contributed by atoms with Gasteiger partial charge in [0.15, 0.2) is 23.1 Å². The van der Waals surface area contributed by atoms with Crippen molar-refractivity contribution in [3.05, 3.63) is 246 Å². The third kappa shape index (κ3) is 7.52. The van der Waals surface area contributed by atoms with Crippen molar-refractivity contribution in [2.75, 3.05) is 0 Å². The SMILES string of the molecule is O=C(OCc1ccccc1)C1=CC2c3sc(C=C4C(=O)c5cc6cc7ccccc7cc6cc5C4=O)nc3C(C(=O)OCc3ccccc3)=CC2c2sc(C=C3C(=O)c4cc5cc6ccccc6cc5cc4C3=O)nc21. The van der Waals surface area contributed by atoms with Gasteiger partial charge in [0.05, 0.1) is 33.7 Å². The van der Waals surface area contributed by atoms with Crippen LogP contribution in [0.15, 0.2) is 181 Å². The maximum absolute atomic E-state index is 14.5. The lowest BCUT2D eigenvalue weighted by Crippen LogP contribution is -2.23. The van der Waals surface area contributed by atoms with Gasteiger partial charge in [0, 0.05) is 43.8 Å². The number of benzene rings is 8. The van der Waals surface area contributed by atoms with E-state index in [1.54, 1.807) is 36.4 Å². The van der Waals surface area contributed by atoms with Gasteiger partial charge in [-0.05, 0) is 115 Å². The number of ketones is 4. The molecular formula is C64H36N2O8S2. The summed E-state index contributed by atoms with van der Waals surface area (Å²) in [4.78, 5) is 96.9. The lowest BCUT2D eigenvalue weighted by atomic mass is 9.76. The summed E-state index contributed by atoms with van der Waals surface area (Å²) in [5.74, 6) is -4.27. The normalized spacial score (nSPS) is 16.3. The number of fused-ring (bicyclic) bond motifs is 11. The van der Waals surface area contributed by atoms with Crippen LogP contribution in [-0.2, 0) is 32.3 Å². The fourth-order valence-corrected chi connectivity index (χ4v) is 13.1. The Morgan fingerprint density at radius 2 is 0.737 bits per heavy atom. The van der Waals surface area contributed by atoms with Crippen LogP contribution < -0.4 is 0 Å². The molecule has 0 aliphatic heterocycles. The molecule has 10 aromatic rings. The first-order chi connectivity index (χ1) is 37.1. The Bertz CT molecular complexity index is 3990. The first-order valence-corrected chi connectivity index (χ1v) is 26.2. The molecule has 76 heavy (non-hydrogen) atoms. The molecule has 2 unspecified atom stereocenters. The van der Waals surface area contributed by atoms with Crippen LogP contribution in [0.2, 0.25) is 0 Å². The monoisotopic (exact) mass is 1020 g/mol. The highest BCUT2D eigenvalue weighted by molar-refractivity contribution is 7.13. The van der Waals surface area contributed by atoms with Gasteiger partial charge in [0.25, 0.3) is 0 Å². The number of nitrogens with zero attached hydrogens (tertiary/aromatic N) is 2. The molecule has 14 rings (SSSR count). The van der Waals surface area contributed by atoms with Crippen LogP contribution in [0.4, 0.5) is 0 Å². The lowest BCUT2D eigenvalue weighted by Gasteiger charge is -2.30. The zero-order valence-corrected chi connectivity index (χ0v) is 41.5. The van der Waals surface area contributed by atoms with Crippen LogP contribution in [0.25, 0.3) is 66.4 Å². The summed E-state index contributed by atoms with van der Waals surface area (Å²) in [6, 6.07) is 49.5. The minimum atomic E-state index is -0.654. The van der Waals surface area contributed by atoms with Gasteiger partial charge in [0.1, 0.15) is 23.2 Å². The highest BCUT2D eigenvalue weighted by atomic mass is 32.1. The molecule has 2 aromatic heterocycles. The molecule has 0 bridgehead atoms. The van der Waals surface area contributed by atoms with Crippen molar-refractivity contribution in [1.29, 1.82) is 0 Å². The average Bonchev–Trinajstić information content (AvgIpc) is 4.20. The molecule has 2 atom stereocenters. The fourth-order valence-electron chi connectivity index (χ4n) is 10.8. The Labute approximate surface area is 440 Å². The molecule has 362 valence electrons. The van der Waals surface area contributed by atoms with E-state index in [9.17, 15) is 28.8 Å². The number of hydrogen-bond donors (Lipinski definition) is 0. The second-order valence-electron chi connectivity index (χ2n) is 19.2. The Kier molecular flexibility index (Phi) is 10.5. The summed E-state index contributed by atoms with van der Waals surface area (Å²) in [5, 5.41) is 7.96. The van der Waals surface area contributed by atoms with Crippen molar-refractivity contribution in [1.82, 2.24) is 9.97 Å². The maximum atomic E-state index is 14.5. The summed E-state index contributed by atoms with van der Waals surface area (Å²) >= 11 is 2.41. The number of aromatic nitrogens is 2. The van der Waals surface area contributed by atoms with E-state index < -0.39 is 46.9 Å². The minimum Gasteiger partial charge on any atom is -0.457 e. The Morgan fingerprint density at radius 1 is 0.421 bits per heavy atom. The van der Waals surface area contributed by atoms with Crippen molar-refractivity contribution in [3.63, 3.8) is 0 Å². The molecule has 0 N–H and O–H groups in total. The number of ether oxygens (including phenoxy) is 2. The minimum absolute atomic E-state index is 0.0239. The first kappa shape index (κ1) is 45.3. The third-order valence-corrected chi connectivity index (χ3v) is 16.8. The van der Waals surface area contributed by atoms with Crippen molar-refractivity contribution in [2.24, 2.45) is 0 Å². The molecule has 0 radical (unpaired) electrons. The Hall–Kier alpha value is -9.36. The van der Waals surface area contributed by atoms with Crippen molar-refractivity contribution < 1.29 is 38.2 Å². The fraction of sp³-hybridized carbons (Fsp3) is 0.0625. The first-order valence-electron chi connectivity index (χ1n) is 24.5. The smallest absolute Gasteiger partial charge is 0.340 e. The molecule has 0 spiro atoms. The van der Waals surface area contributed by atoms with Gasteiger partial charge in [-0.3, -0.25) is 19.2 Å². The van der Waals surface area contributed by atoms with E-state index in [2.05, 4.69) is 0 Å². The second kappa shape index (κ2) is 17.7. The molecule has 4 aliphatic carbocycles. The van der Waals surface area contributed by atoms with E-state index in [0.717, 1.165) is 54.2 Å². The van der Waals surface area contributed by atoms with E-state index in [1.165, 1.54) is 34.8 Å². The van der Waals surface area contributed by atoms with Crippen LogP contribution in [0, 0.1) is 0 Å². The van der Waals surface area contributed by atoms with Gasteiger partial charge in [-0.2, -0.15) is 0 Å². The lowest BCUT2D eigenvalue weighted by molar-refractivity contribution is -0.138. The topological polar surface area (TPSA) is 147 Å². The van der Waals surface area contributed by atoms with Crippen LogP contribution in [0.3, 0.4) is 0 Å². The van der Waals surface area contributed by atoms with Gasteiger partial charge in [-0.15, -0.1) is 22.7 Å². The molecule has 0 saturated carbocycles. The van der Waals surface area contributed by atoms with E-state index in [-0.39, 0.29) is 46.9 Å². The van der Waals surface area contributed by atoms with Gasteiger partial charge >= 0.3 is 11.9 Å². The van der Waals surface area contributed by atoms with E-state index in [1.807, 2.05) is 133 Å². The Balaban J connectivity index is 0.871. The molecule has 12 heteroatoms. The van der Waals surface area contributed by atoms with Crippen LogP contribution in [0.5, 0.6) is 0 Å². The van der Waals surface area contributed by atoms with Crippen LogP contribution in [0.1, 0.15) is 95.6 Å². The zero-order chi connectivity index (χ0) is 51.3. The van der Waals surface area contributed by atoms with Gasteiger partial charge in [-0.25, -0.2) is 19.6 Å². The number of hydrogen-bond acceptors (Lipinski definition) is 12. The summed E-state index contributed by atoms with van der Waals surface area (Å²) in [6.07, 6.45) is 6.50. The summed E-state index contributed by atoms with van der Waals surface area (Å²) in [7, 11) is 0. The van der Waals surface area contributed by atoms with E-state index in [0.29, 0.717) is 42.0 Å². The summed E-state index contributed by atoms with van der Waals surface area (Å²) in [5.41, 5.74) is 3.51. The number of carbonyl (C=O) groups is 6. The van der Waals surface area contributed by atoms with Crippen molar-refractivity contribution >= 4 is 124 Å². The summed E-state index contributed by atoms with van der Waals surface area (Å²) < 4.78 is 11.9. The van der Waals surface area contributed by atoms with Crippen molar-refractivity contribution in [3.8, 4) is 0 Å². The zero-order valence-electron chi connectivity index (χ0n) is 39.9. The number of thiazole rings is 2. The van der Waals surface area contributed by atoms with Gasteiger partial charge in [-0.1, -0.05) is 121 Å². The molecule has 10 nitrogen and oxygen atoms in total. The molecule has 4 aliphatic rings. The number of allylic oxidation sites excluding steroid dienone is 4. The summed E-state index contributed by atoms with van der Waals surface area (Å²) in [6.45, 7) is -0.0478. The second-order valence-corrected chi connectivity index (χ2v) is 21.3. The predicted octanol–water partition coefficient (Wildman–Crippen LogP) is 13.3. The molecular weight excluding hydrogens is 989 g/mol. The van der Waals surface area contributed by atoms with Crippen LogP contribution in [-0.4, -0.2) is 45.0 Å². The number of carbonyl (C=O) groups excluding carboxylic acids is 6. The quantitative estimate of drug-likeness (QED) is 0.0623. The largest absolute Gasteiger partial charge is 0.457 e. The molecule has 2 heterocycles. The number of esters is 2. The average molecular weight is 1030 g/mol. The van der Waals surface area contributed by atoms with Crippen molar-refractivity contribution in [2.45, 2.75) is 25.0 Å². The standard InChI is InChI=1S/C64H36N2O8S2/c67-57-43-23-39-19-35-15-7-8-16-36(35)20-40(39)24-44(43)58(68)51(57)29-53-65-55-49(63(71)73-31-33-11-3-1-4-12-33)27-47-48(61(55)75-53)28-50(64(72)74-32-34-13-5-2-6-14-34)56-62(47)76-54(66-56)30-52-59(69)45-25-41-21-37-17-9-10-18-38(37)22-42(41)26-46(45)60(52)70/h1-30,47-48H,31-32H2. The van der Waals surface area contributed by atoms with E-state index >= 15 is 0 Å². The predicted molar refractivity (Wildman–Crippen MR) is 294 cm³/mol. The highest BCUT2D eigenvalue weighted by Gasteiger charge is 2.44. The number of rotatable bonds is 8. The molecule has 8 aromatic carbocycles. The van der Waals surface area contributed by atoms with Gasteiger partial charge in [0.2, 0.25) is 0 Å². The molecule has 0 saturated heterocycles. The molecule has 0 amide bonds.